The van der Waals surface area contributed by atoms with Gasteiger partial charge in [-0.05, 0) is 112 Å². The Morgan fingerprint density at radius 3 is 1.73 bits per heavy atom. The van der Waals surface area contributed by atoms with Gasteiger partial charge in [0.1, 0.15) is 17.2 Å². The van der Waals surface area contributed by atoms with Crippen LogP contribution in [0.4, 0.5) is 4.79 Å². The van der Waals surface area contributed by atoms with Gasteiger partial charge in [0.05, 0.1) is 19.3 Å². The summed E-state index contributed by atoms with van der Waals surface area (Å²) >= 11 is 0. The summed E-state index contributed by atoms with van der Waals surface area (Å²) in [6.07, 6.45) is 2.28. The van der Waals surface area contributed by atoms with Crippen molar-refractivity contribution in [3.63, 3.8) is 0 Å². The third-order valence-electron chi connectivity index (χ3n) is 10.1. The van der Waals surface area contributed by atoms with E-state index in [4.69, 9.17) is 27.5 Å². The van der Waals surface area contributed by atoms with Gasteiger partial charge in [0.15, 0.2) is 5.78 Å². The van der Waals surface area contributed by atoms with Gasteiger partial charge in [-0.1, -0.05) is 67.6 Å². The van der Waals surface area contributed by atoms with Crippen LogP contribution in [0, 0.1) is 0 Å². The molecule has 0 N–H and O–H groups in total. The monoisotopic (exact) mass is 767 g/mol. The van der Waals surface area contributed by atoms with Gasteiger partial charge in [-0.15, -0.1) is 0 Å². The Hall–Kier alpha value is -4.81. The van der Waals surface area contributed by atoms with E-state index >= 15 is 0 Å². The number of hydrogen-bond acceptors (Lipinski definition) is 9. The smallest absolute Gasteiger partial charge is 0.497 e. The first-order valence-electron chi connectivity index (χ1n) is 19.1. The van der Waals surface area contributed by atoms with Crippen molar-refractivity contribution in [2.75, 3.05) is 40.1 Å². The molecule has 1 fully saturated rings. The van der Waals surface area contributed by atoms with Crippen LogP contribution in [0.1, 0.15) is 96.9 Å². The first-order chi connectivity index (χ1) is 26.5. The Kier molecular flexibility index (Phi) is 14.4. The van der Waals surface area contributed by atoms with Crippen LogP contribution >= 0.6 is 0 Å². The average Bonchev–Trinajstić information content (AvgIpc) is 3.17. The van der Waals surface area contributed by atoms with Crippen molar-refractivity contribution in [1.82, 2.24) is 4.90 Å². The van der Waals surface area contributed by atoms with Crippen LogP contribution in [0.25, 0.3) is 0 Å². The summed E-state index contributed by atoms with van der Waals surface area (Å²) in [6, 6.07) is 30.5. The molecule has 0 spiro atoms. The summed E-state index contributed by atoms with van der Waals surface area (Å²) < 4.78 is 35.0. The van der Waals surface area contributed by atoms with Crippen LogP contribution in [-0.4, -0.2) is 77.3 Å². The SMILES string of the molecule is CCO[Si](OCC)(OCC)C1CCN1C(=O)OCCCC(C)(c1ccc(OC(=O)c2ccc(Cc3ccc(OC)cc3)cc2)cc1)c1ccc(C(C)=O)cc1. The van der Waals surface area contributed by atoms with Crippen molar-refractivity contribution in [2.24, 2.45) is 0 Å². The average molecular weight is 768 g/mol. The Bertz CT molecular complexity index is 1850. The van der Waals surface area contributed by atoms with Crippen molar-refractivity contribution in [2.45, 2.75) is 71.4 Å². The predicted molar refractivity (Wildman–Crippen MR) is 213 cm³/mol. The molecular weight excluding hydrogens is 715 g/mol. The van der Waals surface area contributed by atoms with Crippen LogP contribution < -0.4 is 9.47 Å². The highest BCUT2D eigenvalue weighted by molar-refractivity contribution is 6.63. The molecule has 2 unspecified atom stereocenters. The Morgan fingerprint density at radius 1 is 0.727 bits per heavy atom. The third kappa shape index (κ3) is 10.1. The molecule has 0 radical (unpaired) electrons. The lowest BCUT2D eigenvalue weighted by atomic mass is 9.73. The summed E-state index contributed by atoms with van der Waals surface area (Å²) in [5.41, 5.74) is 4.52. The second-order valence-corrected chi connectivity index (χ2v) is 16.5. The minimum atomic E-state index is -3.10. The van der Waals surface area contributed by atoms with E-state index in [9.17, 15) is 14.4 Å². The molecule has 1 aliphatic heterocycles. The number of nitrogens with zero attached hydrogens (tertiary/aromatic N) is 1. The topological polar surface area (TPSA) is 110 Å². The molecule has 4 aromatic carbocycles. The van der Waals surface area contributed by atoms with Gasteiger partial charge >= 0.3 is 20.9 Å². The molecule has 10 nitrogen and oxygen atoms in total. The second-order valence-electron chi connectivity index (χ2n) is 13.7. The highest BCUT2D eigenvalue weighted by atomic mass is 28.4. The Morgan fingerprint density at radius 2 is 1.24 bits per heavy atom. The number of benzene rings is 4. The molecule has 0 aliphatic carbocycles. The fourth-order valence-electron chi connectivity index (χ4n) is 6.98. The molecule has 55 heavy (non-hydrogen) atoms. The van der Waals surface area contributed by atoms with Gasteiger partial charge in [0.25, 0.3) is 0 Å². The predicted octanol–water partition coefficient (Wildman–Crippen LogP) is 8.59. The van der Waals surface area contributed by atoms with Gasteiger partial charge in [0.2, 0.25) is 0 Å². The number of hydrogen-bond donors (Lipinski definition) is 0. The number of rotatable bonds is 19. The van der Waals surface area contributed by atoms with E-state index in [0.29, 0.717) is 56.1 Å². The van der Waals surface area contributed by atoms with Crippen molar-refractivity contribution in [3.8, 4) is 11.5 Å². The van der Waals surface area contributed by atoms with Gasteiger partial charge in [-0.3, -0.25) is 4.79 Å². The van der Waals surface area contributed by atoms with Crippen LogP contribution in [0.2, 0.25) is 0 Å². The van der Waals surface area contributed by atoms with Gasteiger partial charge < -0.3 is 32.4 Å². The van der Waals surface area contributed by atoms with Crippen molar-refractivity contribution < 1.29 is 41.9 Å². The summed E-state index contributed by atoms with van der Waals surface area (Å²) in [5, 5.41) is 0. The van der Waals surface area contributed by atoms with Crippen LogP contribution in [-0.2, 0) is 29.9 Å². The lowest BCUT2D eigenvalue weighted by molar-refractivity contribution is 0.000727. The van der Waals surface area contributed by atoms with Crippen molar-refractivity contribution in [3.05, 3.63) is 130 Å². The molecule has 292 valence electrons. The van der Waals surface area contributed by atoms with E-state index in [1.165, 1.54) is 0 Å². The zero-order valence-electron chi connectivity index (χ0n) is 32.8. The standard InChI is InChI=1S/C44H53NO9Si/c1-7-51-55(52-8-2,53-9-3)41-27-29-45(41)43(48)50-30-10-28-44(5,37-19-17-35(18-20-37)32(4)46)38-21-25-40(26-22-38)54-42(47)36-15-11-33(12-16-36)31-34-13-23-39(49-6)24-14-34/h11-26,41H,7-10,27-31H2,1-6H3. The number of carbonyl (C=O) groups is 3. The summed E-state index contributed by atoms with van der Waals surface area (Å²) in [6.45, 7) is 11.4. The van der Waals surface area contributed by atoms with E-state index in [0.717, 1.165) is 40.8 Å². The number of methoxy groups -OCH3 is 1. The molecule has 2 atom stereocenters. The first kappa shape index (κ1) is 41.4. The van der Waals surface area contributed by atoms with Gasteiger partial charge in [0, 0.05) is 37.3 Å². The number of esters is 1. The molecule has 0 bridgehead atoms. The summed E-state index contributed by atoms with van der Waals surface area (Å²) in [5.74, 6) is 0.785. The van der Waals surface area contributed by atoms with E-state index in [1.807, 2.05) is 93.6 Å². The minimum absolute atomic E-state index is 0.00685. The van der Waals surface area contributed by atoms with E-state index in [2.05, 4.69) is 6.92 Å². The fourth-order valence-corrected chi connectivity index (χ4v) is 10.1. The minimum Gasteiger partial charge on any atom is -0.497 e. The quantitative estimate of drug-likeness (QED) is 0.0305. The lowest BCUT2D eigenvalue weighted by Crippen LogP contribution is -2.69. The number of amides is 1. The fraction of sp³-hybridized carbons (Fsp3) is 0.386. The van der Waals surface area contributed by atoms with Gasteiger partial charge in [-0.25, -0.2) is 9.59 Å². The molecule has 1 amide bonds. The molecular formula is C44H53NO9Si. The zero-order chi connectivity index (χ0) is 39.4. The molecule has 1 saturated heterocycles. The molecule has 0 aromatic heterocycles. The highest BCUT2D eigenvalue weighted by Crippen LogP contribution is 2.38. The van der Waals surface area contributed by atoms with Crippen LogP contribution in [0.15, 0.2) is 97.1 Å². The maximum atomic E-state index is 13.3. The lowest BCUT2D eigenvalue weighted by Gasteiger charge is -2.47. The van der Waals surface area contributed by atoms with Crippen molar-refractivity contribution in [1.29, 1.82) is 0 Å². The van der Waals surface area contributed by atoms with Crippen LogP contribution in [0.5, 0.6) is 11.5 Å². The normalized spacial score (nSPS) is 15.1. The third-order valence-corrected chi connectivity index (χ3v) is 13.6. The maximum absolute atomic E-state index is 13.3. The molecule has 4 aromatic rings. The Labute approximate surface area is 326 Å². The first-order valence-corrected chi connectivity index (χ1v) is 20.9. The summed E-state index contributed by atoms with van der Waals surface area (Å²) in [7, 11) is -1.46. The van der Waals surface area contributed by atoms with E-state index in [-0.39, 0.29) is 18.1 Å². The second kappa shape index (κ2) is 19.2. The number of likely N-dealkylation sites (tertiary alicyclic amines) is 1. The van der Waals surface area contributed by atoms with Crippen molar-refractivity contribution >= 4 is 26.7 Å². The molecule has 1 heterocycles. The summed E-state index contributed by atoms with van der Waals surface area (Å²) in [4.78, 5) is 40.1. The van der Waals surface area contributed by atoms with E-state index < -0.39 is 26.3 Å². The molecule has 1 aliphatic rings. The largest absolute Gasteiger partial charge is 0.524 e. The molecule has 0 saturated carbocycles. The van der Waals surface area contributed by atoms with Crippen LogP contribution in [0.3, 0.4) is 0 Å². The number of ether oxygens (including phenoxy) is 3. The number of ketones is 1. The molecule has 11 heteroatoms. The Balaban J connectivity index is 1.24. The zero-order valence-corrected chi connectivity index (χ0v) is 33.8. The van der Waals surface area contributed by atoms with Gasteiger partial charge in [-0.2, -0.15) is 0 Å². The number of carbonyl (C=O) groups excluding carboxylic acids is 3. The number of Topliss-reactive ketones (excluding diaryl/α,β-unsaturated/α-hetero) is 1. The molecule has 5 rings (SSSR count). The maximum Gasteiger partial charge on any atom is 0.524 e. The van der Waals surface area contributed by atoms with E-state index in [1.54, 1.807) is 43.2 Å². The highest BCUT2D eigenvalue weighted by Gasteiger charge is 2.57.